The van der Waals surface area contributed by atoms with Crippen molar-refractivity contribution in [2.24, 2.45) is 0 Å². The predicted molar refractivity (Wildman–Crippen MR) is 86.7 cm³/mol. The Bertz CT molecular complexity index is 633. The van der Waals surface area contributed by atoms with Crippen LogP contribution < -0.4 is 5.32 Å². The monoisotopic (exact) mass is 324 g/mol. The minimum atomic E-state index is 0.413. The minimum Gasteiger partial charge on any atom is -0.310 e. The molecule has 21 heavy (non-hydrogen) atoms. The number of aryl methyl sites for hydroxylation is 2. The summed E-state index contributed by atoms with van der Waals surface area (Å²) in [7, 11) is 0. The third-order valence-corrected chi connectivity index (χ3v) is 3.62. The van der Waals surface area contributed by atoms with Gasteiger partial charge < -0.3 is 5.32 Å². The van der Waals surface area contributed by atoms with E-state index in [1.165, 1.54) is 0 Å². The summed E-state index contributed by atoms with van der Waals surface area (Å²) in [6.45, 7) is 8.91. The molecule has 2 aromatic heterocycles. The van der Waals surface area contributed by atoms with E-state index >= 15 is 0 Å². The van der Waals surface area contributed by atoms with E-state index in [1.54, 1.807) is 12.3 Å². The molecule has 0 saturated carbocycles. The number of hydrogen-bond acceptors (Lipinski definition) is 4. The molecule has 4 nitrogen and oxygen atoms in total. The van der Waals surface area contributed by atoms with Gasteiger partial charge in [0.15, 0.2) is 5.82 Å². The number of nitrogens with one attached hydrogen (secondary N) is 1. The van der Waals surface area contributed by atoms with E-state index in [9.17, 15) is 0 Å². The third kappa shape index (κ3) is 3.90. The smallest absolute Gasteiger partial charge is 0.180 e. The van der Waals surface area contributed by atoms with E-state index in [-0.39, 0.29) is 0 Å². The predicted octanol–water partition coefficient (Wildman–Crippen LogP) is 3.96. The van der Waals surface area contributed by atoms with Crippen LogP contribution in [0.5, 0.6) is 0 Å². The zero-order valence-electron chi connectivity index (χ0n) is 12.5. The summed E-state index contributed by atoms with van der Waals surface area (Å²) in [6, 6.07) is 2.06. The highest BCUT2D eigenvalue weighted by molar-refractivity contribution is 6.35. The summed E-state index contributed by atoms with van der Waals surface area (Å²) in [4.78, 5) is 13.3. The van der Waals surface area contributed by atoms with Crippen LogP contribution in [0.1, 0.15) is 30.8 Å². The quantitative estimate of drug-likeness (QED) is 0.924. The van der Waals surface area contributed by atoms with Gasteiger partial charge in [-0.3, -0.25) is 0 Å². The van der Waals surface area contributed by atoms with Crippen molar-refractivity contribution in [3.63, 3.8) is 0 Å². The first-order valence-corrected chi connectivity index (χ1v) is 7.53. The van der Waals surface area contributed by atoms with E-state index in [0.717, 1.165) is 23.5 Å². The fourth-order valence-corrected chi connectivity index (χ4v) is 2.45. The van der Waals surface area contributed by atoms with Gasteiger partial charge in [0.05, 0.1) is 10.0 Å². The molecule has 0 aromatic carbocycles. The molecule has 0 fully saturated rings. The maximum atomic E-state index is 6.17. The Morgan fingerprint density at radius 2 is 1.76 bits per heavy atom. The van der Waals surface area contributed by atoms with Crippen LogP contribution in [0.15, 0.2) is 12.3 Å². The molecule has 112 valence electrons. The first kappa shape index (κ1) is 16.1. The Morgan fingerprint density at radius 1 is 1.14 bits per heavy atom. The first-order valence-electron chi connectivity index (χ1n) is 6.77. The van der Waals surface area contributed by atoms with Gasteiger partial charge in [0.2, 0.25) is 0 Å². The zero-order valence-corrected chi connectivity index (χ0v) is 14.0. The van der Waals surface area contributed by atoms with Crippen LogP contribution in [0.25, 0.3) is 11.5 Å². The summed E-state index contributed by atoms with van der Waals surface area (Å²) in [5.41, 5.74) is 3.52. The number of halogens is 2. The van der Waals surface area contributed by atoms with Crippen molar-refractivity contribution in [2.75, 3.05) is 0 Å². The molecule has 0 aliphatic carbocycles. The van der Waals surface area contributed by atoms with Gasteiger partial charge in [-0.1, -0.05) is 37.0 Å². The summed E-state index contributed by atoms with van der Waals surface area (Å²) in [6.07, 6.45) is 1.55. The van der Waals surface area contributed by atoms with Gasteiger partial charge >= 0.3 is 0 Å². The Hall–Kier alpha value is -1.23. The van der Waals surface area contributed by atoms with Gasteiger partial charge in [0.25, 0.3) is 0 Å². The van der Waals surface area contributed by atoms with E-state index in [2.05, 4.69) is 34.1 Å². The van der Waals surface area contributed by atoms with Gasteiger partial charge in [0.1, 0.15) is 5.69 Å². The number of pyridine rings is 1. The maximum Gasteiger partial charge on any atom is 0.180 e. The lowest BCUT2D eigenvalue weighted by molar-refractivity contribution is 0.583. The molecule has 0 spiro atoms. The number of rotatable bonds is 4. The van der Waals surface area contributed by atoms with Crippen LogP contribution in [0.4, 0.5) is 0 Å². The van der Waals surface area contributed by atoms with Crippen molar-refractivity contribution >= 4 is 23.2 Å². The second-order valence-corrected chi connectivity index (χ2v) is 6.06. The van der Waals surface area contributed by atoms with Crippen LogP contribution in [0, 0.1) is 13.8 Å². The average Bonchev–Trinajstić information content (AvgIpc) is 2.37. The van der Waals surface area contributed by atoms with E-state index in [4.69, 9.17) is 23.2 Å². The molecule has 1 N–H and O–H groups in total. The molecule has 6 heteroatoms. The van der Waals surface area contributed by atoms with Crippen LogP contribution >= 0.6 is 23.2 Å². The molecule has 2 heterocycles. The lowest BCUT2D eigenvalue weighted by atomic mass is 10.1. The van der Waals surface area contributed by atoms with E-state index in [0.29, 0.717) is 27.6 Å². The Kier molecular flexibility index (Phi) is 5.14. The molecule has 0 aliphatic heterocycles. The summed E-state index contributed by atoms with van der Waals surface area (Å²) in [5.74, 6) is 0.528. The van der Waals surface area contributed by atoms with Crippen molar-refractivity contribution in [3.8, 4) is 11.5 Å². The lowest BCUT2D eigenvalue weighted by Crippen LogP contribution is -2.23. The Labute approximate surface area is 134 Å². The van der Waals surface area contributed by atoms with Crippen molar-refractivity contribution in [3.05, 3.63) is 39.3 Å². The molecular weight excluding hydrogens is 307 g/mol. The highest BCUT2D eigenvalue weighted by Crippen LogP contribution is 2.26. The molecule has 2 rings (SSSR count). The largest absolute Gasteiger partial charge is 0.310 e. The topological polar surface area (TPSA) is 50.7 Å². The molecule has 0 saturated heterocycles. The first-order chi connectivity index (χ1) is 9.88. The highest BCUT2D eigenvalue weighted by Gasteiger charge is 2.14. The van der Waals surface area contributed by atoms with Gasteiger partial charge in [-0.05, 0) is 19.9 Å². The molecule has 0 amide bonds. The highest BCUT2D eigenvalue weighted by atomic mass is 35.5. The summed E-state index contributed by atoms with van der Waals surface area (Å²) >= 11 is 12.0. The normalized spacial score (nSPS) is 11.2. The summed E-state index contributed by atoms with van der Waals surface area (Å²) < 4.78 is 0. The lowest BCUT2D eigenvalue weighted by Gasteiger charge is -2.13. The van der Waals surface area contributed by atoms with E-state index in [1.807, 2.05) is 13.8 Å². The van der Waals surface area contributed by atoms with Crippen molar-refractivity contribution in [1.82, 2.24) is 20.3 Å². The number of nitrogens with zero attached hydrogens (tertiary/aromatic N) is 3. The number of hydrogen-bond donors (Lipinski definition) is 1. The molecular formula is C15H18Cl2N4. The third-order valence-electron chi connectivity index (χ3n) is 3.13. The van der Waals surface area contributed by atoms with Gasteiger partial charge in [0, 0.05) is 35.7 Å². The molecule has 0 aliphatic rings. The SMILES string of the molecule is Cc1nc(-c2ncc(Cl)cc2Cl)nc(C)c1CNC(C)C. The molecule has 2 aromatic rings. The second kappa shape index (κ2) is 6.69. The minimum absolute atomic E-state index is 0.413. The van der Waals surface area contributed by atoms with Crippen LogP contribution in [-0.4, -0.2) is 21.0 Å². The average molecular weight is 325 g/mol. The second-order valence-electron chi connectivity index (χ2n) is 5.22. The molecule has 0 bridgehead atoms. The number of aromatic nitrogens is 3. The molecule has 0 atom stereocenters. The van der Waals surface area contributed by atoms with Crippen LogP contribution in [0.3, 0.4) is 0 Å². The standard InChI is InChI=1S/C15H18Cl2N4/c1-8(2)18-7-12-9(3)20-15(21-10(12)4)14-13(17)5-11(16)6-19-14/h5-6,8,18H,7H2,1-4H3. The van der Waals surface area contributed by atoms with Crippen LogP contribution in [0.2, 0.25) is 10.0 Å². The van der Waals surface area contributed by atoms with Gasteiger partial charge in [-0.15, -0.1) is 0 Å². The van der Waals surface area contributed by atoms with Gasteiger partial charge in [-0.25, -0.2) is 15.0 Å². The zero-order chi connectivity index (χ0) is 15.6. The van der Waals surface area contributed by atoms with Crippen LogP contribution in [-0.2, 0) is 6.54 Å². The molecule has 0 unspecified atom stereocenters. The Balaban J connectivity index is 2.39. The fourth-order valence-electron chi connectivity index (χ4n) is 1.99. The Morgan fingerprint density at radius 3 is 2.29 bits per heavy atom. The van der Waals surface area contributed by atoms with Gasteiger partial charge in [-0.2, -0.15) is 0 Å². The fraction of sp³-hybridized carbons (Fsp3) is 0.400. The van der Waals surface area contributed by atoms with Crippen molar-refractivity contribution in [2.45, 2.75) is 40.3 Å². The maximum absolute atomic E-state index is 6.17. The molecule has 0 radical (unpaired) electrons. The van der Waals surface area contributed by atoms with Crippen molar-refractivity contribution in [1.29, 1.82) is 0 Å². The summed E-state index contributed by atoms with van der Waals surface area (Å²) in [5, 5.41) is 4.33. The van der Waals surface area contributed by atoms with E-state index < -0.39 is 0 Å². The van der Waals surface area contributed by atoms with Crippen molar-refractivity contribution < 1.29 is 0 Å².